The van der Waals surface area contributed by atoms with Crippen molar-refractivity contribution in [1.29, 1.82) is 0 Å². The number of carbonyl (C=O) groups excluding carboxylic acids is 1. The fraction of sp³-hybridized carbons (Fsp3) is 0.854. The van der Waals surface area contributed by atoms with Crippen molar-refractivity contribution >= 4 is 11.9 Å². The molecule has 0 heterocycles. The number of unbranched alkanes of at least 4 members (excludes halogenated alkanes) is 21. The first-order valence-corrected chi connectivity index (χ1v) is 19.9. The fourth-order valence-corrected chi connectivity index (χ4v) is 5.94. The normalized spacial score (nSPS) is 13.1. The van der Waals surface area contributed by atoms with E-state index in [0.717, 1.165) is 83.5 Å². The van der Waals surface area contributed by atoms with Gasteiger partial charge in [0.05, 0.1) is 6.10 Å². The highest BCUT2D eigenvalue weighted by atomic mass is 16.5. The van der Waals surface area contributed by atoms with Crippen LogP contribution in [0.2, 0.25) is 0 Å². The van der Waals surface area contributed by atoms with Crippen LogP contribution in [0.15, 0.2) is 24.3 Å². The van der Waals surface area contributed by atoms with E-state index < -0.39 is 5.97 Å². The summed E-state index contributed by atoms with van der Waals surface area (Å²) in [5.41, 5.74) is 0. The van der Waals surface area contributed by atoms with Crippen LogP contribution in [0.1, 0.15) is 213 Å². The Bertz CT molecular complexity index is 716. The molecule has 0 bridgehead atoms. The lowest BCUT2D eigenvalue weighted by molar-refractivity contribution is -0.149. The van der Waals surface area contributed by atoms with Gasteiger partial charge in [0.15, 0.2) is 0 Å². The van der Waals surface area contributed by atoms with Gasteiger partial charge in [0.2, 0.25) is 0 Å². The summed E-state index contributed by atoms with van der Waals surface area (Å²) < 4.78 is 5.93. The zero-order valence-corrected chi connectivity index (χ0v) is 30.5. The summed E-state index contributed by atoms with van der Waals surface area (Å²) in [6.45, 7) is 4.46. The second-order valence-corrected chi connectivity index (χ2v) is 13.7. The molecule has 5 heteroatoms. The third-order valence-electron chi connectivity index (χ3n) is 8.97. The smallest absolute Gasteiger partial charge is 0.306 e. The minimum absolute atomic E-state index is 0.0132. The lowest BCUT2D eigenvalue weighted by atomic mass is 10.0. The molecular weight excluding hydrogens is 572 g/mol. The molecule has 0 aliphatic carbocycles. The second-order valence-electron chi connectivity index (χ2n) is 13.7. The van der Waals surface area contributed by atoms with Crippen molar-refractivity contribution in [2.24, 2.45) is 0 Å². The Labute approximate surface area is 285 Å². The van der Waals surface area contributed by atoms with Gasteiger partial charge < -0.3 is 14.9 Å². The topological polar surface area (TPSA) is 83.8 Å². The number of carboxylic acids is 1. The molecule has 0 radical (unpaired) electrons. The van der Waals surface area contributed by atoms with Gasteiger partial charge in [0.25, 0.3) is 0 Å². The van der Waals surface area contributed by atoms with Gasteiger partial charge in [0.1, 0.15) is 6.10 Å². The predicted molar refractivity (Wildman–Crippen MR) is 196 cm³/mol. The lowest BCUT2D eigenvalue weighted by Crippen LogP contribution is -2.17. The molecule has 270 valence electrons. The van der Waals surface area contributed by atoms with Crippen LogP contribution in [0.25, 0.3) is 0 Å². The maximum Gasteiger partial charge on any atom is 0.306 e. The number of aliphatic hydroxyl groups excluding tert-OH is 1. The van der Waals surface area contributed by atoms with E-state index in [1.165, 1.54) is 103 Å². The first-order valence-electron chi connectivity index (χ1n) is 19.9. The molecule has 46 heavy (non-hydrogen) atoms. The molecule has 2 atom stereocenters. The summed E-state index contributed by atoms with van der Waals surface area (Å²) in [6.07, 6.45) is 42.4. The number of carboxylic acid groups (broad SMARTS) is 1. The van der Waals surface area contributed by atoms with Crippen molar-refractivity contribution in [3.8, 4) is 0 Å². The number of aliphatic hydroxyl groups is 1. The number of rotatable bonds is 36. The van der Waals surface area contributed by atoms with Gasteiger partial charge in [-0.2, -0.15) is 0 Å². The molecule has 0 amide bonds. The minimum Gasteiger partial charge on any atom is -0.481 e. The molecule has 0 aliphatic heterocycles. The van der Waals surface area contributed by atoms with Gasteiger partial charge in [0, 0.05) is 19.3 Å². The minimum atomic E-state index is -0.686. The maximum atomic E-state index is 12.6. The molecule has 0 rings (SSSR count). The Hall–Kier alpha value is -1.62. The number of hydrogen-bond donors (Lipinski definition) is 2. The average molecular weight is 649 g/mol. The summed E-state index contributed by atoms with van der Waals surface area (Å²) in [6, 6.07) is 0. The molecule has 0 fully saturated rings. The molecule has 0 aliphatic rings. The number of aliphatic carboxylic acids is 1. The van der Waals surface area contributed by atoms with Gasteiger partial charge >= 0.3 is 11.9 Å². The van der Waals surface area contributed by atoms with Crippen molar-refractivity contribution < 1.29 is 24.5 Å². The first-order chi connectivity index (χ1) is 22.5. The average Bonchev–Trinajstić information content (AvgIpc) is 3.03. The van der Waals surface area contributed by atoms with Crippen LogP contribution >= 0.6 is 0 Å². The molecule has 0 aromatic carbocycles. The molecule has 2 N–H and O–H groups in total. The largest absolute Gasteiger partial charge is 0.481 e. The Kier molecular flexibility index (Phi) is 34.9. The van der Waals surface area contributed by atoms with Crippen molar-refractivity contribution in [3.05, 3.63) is 24.3 Å². The highest BCUT2D eigenvalue weighted by molar-refractivity contribution is 5.69. The van der Waals surface area contributed by atoms with E-state index in [0.29, 0.717) is 12.8 Å². The number of carbonyl (C=O) groups is 2. The van der Waals surface area contributed by atoms with Gasteiger partial charge in [-0.15, -0.1) is 0 Å². The molecule has 0 aromatic rings. The molecule has 5 nitrogen and oxygen atoms in total. The summed E-state index contributed by atoms with van der Waals surface area (Å²) in [7, 11) is 0. The number of allylic oxidation sites excluding steroid dienone is 2. The van der Waals surface area contributed by atoms with Crippen LogP contribution in [0.4, 0.5) is 0 Å². The molecule has 0 unspecified atom stereocenters. The van der Waals surface area contributed by atoms with Gasteiger partial charge in [-0.05, 0) is 64.2 Å². The van der Waals surface area contributed by atoms with E-state index in [1.807, 2.05) is 0 Å². The van der Waals surface area contributed by atoms with E-state index >= 15 is 0 Å². The van der Waals surface area contributed by atoms with E-state index in [4.69, 9.17) is 9.84 Å². The van der Waals surface area contributed by atoms with E-state index in [-0.39, 0.29) is 18.2 Å². The zero-order chi connectivity index (χ0) is 33.8. The number of hydrogen-bond acceptors (Lipinski definition) is 4. The van der Waals surface area contributed by atoms with E-state index in [9.17, 15) is 14.7 Å². The van der Waals surface area contributed by atoms with Crippen LogP contribution in [0, 0.1) is 0 Å². The van der Waals surface area contributed by atoms with Crippen molar-refractivity contribution in [2.75, 3.05) is 0 Å². The Balaban J connectivity index is 3.88. The van der Waals surface area contributed by atoms with Crippen molar-refractivity contribution in [2.45, 2.75) is 225 Å². The lowest BCUT2D eigenvalue weighted by Gasteiger charge is -2.16. The van der Waals surface area contributed by atoms with Crippen LogP contribution in [-0.4, -0.2) is 34.4 Å². The maximum absolute atomic E-state index is 12.6. The van der Waals surface area contributed by atoms with Gasteiger partial charge in [-0.25, -0.2) is 0 Å². The SMILES string of the molecule is CCCCCCC[C@@H](O)CC=CCCCCCCCCCC(=O)O[C@@H](CC=CCCCCCCCCCC(=O)O)CCCCCC. The third-order valence-corrected chi connectivity index (χ3v) is 8.97. The Morgan fingerprint density at radius 1 is 0.522 bits per heavy atom. The summed E-state index contributed by atoms with van der Waals surface area (Å²) in [5, 5.41) is 18.8. The van der Waals surface area contributed by atoms with Crippen LogP contribution in [0.5, 0.6) is 0 Å². The van der Waals surface area contributed by atoms with Crippen LogP contribution in [0.3, 0.4) is 0 Å². The van der Waals surface area contributed by atoms with Gasteiger partial charge in [-0.3, -0.25) is 9.59 Å². The summed E-state index contributed by atoms with van der Waals surface area (Å²) >= 11 is 0. The first kappa shape index (κ1) is 44.4. The monoisotopic (exact) mass is 649 g/mol. The molecule has 0 saturated carbocycles. The van der Waals surface area contributed by atoms with Crippen LogP contribution in [-0.2, 0) is 14.3 Å². The fourth-order valence-electron chi connectivity index (χ4n) is 5.94. The summed E-state index contributed by atoms with van der Waals surface area (Å²) in [4.78, 5) is 23.1. The number of ether oxygens (including phenoxy) is 1. The Morgan fingerprint density at radius 3 is 1.52 bits per heavy atom. The number of esters is 1. The molecule has 0 spiro atoms. The van der Waals surface area contributed by atoms with Crippen molar-refractivity contribution in [1.82, 2.24) is 0 Å². The molecule has 0 aromatic heterocycles. The zero-order valence-electron chi connectivity index (χ0n) is 30.5. The van der Waals surface area contributed by atoms with Crippen molar-refractivity contribution in [3.63, 3.8) is 0 Å². The molecular formula is C41H76O5. The standard InChI is InChI=1S/C41H76O5/c1-3-5-7-21-26-32-38(42)33-27-22-17-13-9-12-16-20-25-31-37-41(45)46-39(34-28-8-6-4-2)35-29-23-18-14-10-11-15-19-24-30-36-40(43)44/h22-23,27,29,38-39,42H,3-21,24-26,28,30-37H2,1-2H3,(H,43,44)/t38-,39-/m1/s1. The van der Waals surface area contributed by atoms with Gasteiger partial charge in [-0.1, -0.05) is 154 Å². The highest BCUT2D eigenvalue weighted by Gasteiger charge is 2.13. The highest BCUT2D eigenvalue weighted by Crippen LogP contribution is 2.16. The quantitative estimate of drug-likeness (QED) is 0.0401. The second kappa shape index (κ2) is 36.2. The summed E-state index contributed by atoms with van der Waals surface area (Å²) in [5.74, 6) is -0.709. The predicted octanol–water partition coefficient (Wildman–Crippen LogP) is 12.6. The van der Waals surface area contributed by atoms with E-state index in [2.05, 4.69) is 38.2 Å². The molecule has 0 saturated heterocycles. The van der Waals surface area contributed by atoms with E-state index in [1.54, 1.807) is 0 Å². The third kappa shape index (κ3) is 35.2. The Morgan fingerprint density at radius 2 is 0.957 bits per heavy atom. The van der Waals surface area contributed by atoms with Crippen LogP contribution < -0.4 is 0 Å².